The van der Waals surface area contributed by atoms with Crippen LogP contribution < -0.4 is 10.9 Å². The summed E-state index contributed by atoms with van der Waals surface area (Å²) in [6.07, 6.45) is 2.33. The zero-order valence-electron chi connectivity index (χ0n) is 9.27. The van der Waals surface area contributed by atoms with Gasteiger partial charge in [-0.15, -0.1) is 11.3 Å². The molecule has 0 radical (unpaired) electrons. The van der Waals surface area contributed by atoms with Crippen molar-refractivity contribution in [1.29, 1.82) is 0 Å². The van der Waals surface area contributed by atoms with Crippen molar-refractivity contribution in [3.8, 4) is 0 Å². The Kier molecular flexibility index (Phi) is 3.01. The number of nitrogens with zero attached hydrogens (tertiary/aromatic N) is 2. The van der Waals surface area contributed by atoms with Crippen LogP contribution in [-0.4, -0.2) is 20.9 Å². The Labute approximate surface area is 101 Å². The lowest BCUT2D eigenvalue weighted by molar-refractivity contribution is 0.102. The Morgan fingerprint density at radius 2 is 2.24 bits per heavy atom. The van der Waals surface area contributed by atoms with Crippen LogP contribution >= 0.6 is 11.3 Å². The Morgan fingerprint density at radius 1 is 1.47 bits per heavy atom. The lowest BCUT2D eigenvalue weighted by atomic mass is 10.4. The Hall–Kier alpha value is -2.02. The van der Waals surface area contributed by atoms with Crippen molar-refractivity contribution in [2.24, 2.45) is 0 Å². The summed E-state index contributed by atoms with van der Waals surface area (Å²) in [7, 11) is 0. The number of carbonyl (C=O) groups is 1. The molecule has 0 bridgehead atoms. The first-order valence-electron chi connectivity index (χ1n) is 4.86. The number of hydrogen-bond donors (Lipinski definition) is 2. The van der Waals surface area contributed by atoms with E-state index in [9.17, 15) is 9.59 Å². The largest absolute Gasteiger partial charge is 0.325 e. The minimum atomic E-state index is -0.394. The monoisotopic (exact) mass is 250 g/mol. The molecule has 17 heavy (non-hydrogen) atoms. The van der Waals surface area contributed by atoms with E-state index in [-0.39, 0.29) is 11.3 Å². The number of aryl methyl sites for hydroxylation is 2. The number of rotatable bonds is 2. The van der Waals surface area contributed by atoms with Gasteiger partial charge in [0.25, 0.3) is 11.5 Å². The van der Waals surface area contributed by atoms with E-state index in [1.165, 1.54) is 17.5 Å². The third kappa shape index (κ3) is 2.56. The molecule has 0 unspecified atom stereocenters. The van der Waals surface area contributed by atoms with E-state index in [4.69, 9.17) is 0 Å². The van der Waals surface area contributed by atoms with Crippen LogP contribution in [0, 0.1) is 13.8 Å². The fourth-order valence-corrected chi connectivity index (χ4v) is 1.96. The number of thiazole rings is 1. The molecule has 2 rings (SSSR count). The quantitative estimate of drug-likeness (QED) is 0.835. The molecule has 2 aromatic heterocycles. The fraction of sp³-hybridized carbons (Fsp3) is 0.200. The van der Waals surface area contributed by atoms with Gasteiger partial charge < -0.3 is 4.98 Å². The molecule has 0 saturated heterocycles. The van der Waals surface area contributed by atoms with Crippen molar-refractivity contribution < 1.29 is 4.79 Å². The van der Waals surface area contributed by atoms with Gasteiger partial charge in [-0.1, -0.05) is 0 Å². The van der Waals surface area contributed by atoms with Crippen LogP contribution in [0.5, 0.6) is 0 Å². The molecule has 6 nitrogen and oxygen atoms in total. The maximum Gasteiger partial charge on any atom is 0.277 e. The molecule has 2 aromatic rings. The lowest BCUT2D eigenvalue weighted by Gasteiger charge is -1.99. The molecule has 0 saturated carbocycles. The highest BCUT2D eigenvalue weighted by molar-refractivity contribution is 7.15. The number of aromatic nitrogens is 3. The second kappa shape index (κ2) is 4.46. The lowest BCUT2D eigenvalue weighted by Crippen LogP contribution is -2.16. The van der Waals surface area contributed by atoms with Crippen LogP contribution in [0.2, 0.25) is 0 Å². The zero-order chi connectivity index (χ0) is 12.4. The molecular formula is C10H10N4O2S. The van der Waals surface area contributed by atoms with E-state index in [0.29, 0.717) is 5.13 Å². The molecule has 0 aliphatic heterocycles. The smallest absolute Gasteiger partial charge is 0.277 e. The summed E-state index contributed by atoms with van der Waals surface area (Å²) in [4.78, 5) is 33.9. The molecule has 1 amide bonds. The van der Waals surface area contributed by atoms with E-state index >= 15 is 0 Å². The summed E-state index contributed by atoms with van der Waals surface area (Å²) in [5.41, 5.74) is 0.692. The van der Waals surface area contributed by atoms with Gasteiger partial charge >= 0.3 is 0 Å². The second-order valence-electron chi connectivity index (χ2n) is 3.41. The van der Waals surface area contributed by atoms with E-state index in [1.54, 1.807) is 0 Å². The first-order valence-corrected chi connectivity index (χ1v) is 5.68. The summed E-state index contributed by atoms with van der Waals surface area (Å²) in [5.74, 6) is -0.394. The van der Waals surface area contributed by atoms with Gasteiger partial charge in [0.2, 0.25) is 0 Å². The van der Waals surface area contributed by atoms with E-state index in [0.717, 1.165) is 16.8 Å². The van der Waals surface area contributed by atoms with E-state index < -0.39 is 5.91 Å². The molecule has 0 aromatic carbocycles. The van der Waals surface area contributed by atoms with Gasteiger partial charge in [0.15, 0.2) is 5.13 Å². The van der Waals surface area contributed by atoms with Crippen molar-refractivity contribution >= 4 is 22.4 Å². The highest BCUT2D eigenvalue weighted by atomic mass is 32.1. The molecule has 0 aliphatic carbocycles. The van der Waals surface area contributed by atoms with Crippen LogP contribution in [-0.2, 0) is 0 Å². The third-order valence-corrected chi connectivity index (χ3v) is 3.14. The predicted octanol–water partition coefficient (Wildman–Crippen LogP) is 1.10. The number of carbonyl (C=O) groups excluding carboxylic acids is 1. The van der Waals surface area contributed by atoms with Crippen LogP contribution in [0.4, 0.5) is 5.13 Å². The Bertz CT molecular complexity index is 577. The first-order chi connectivity index (χ1) is 8.06. The summed E-state index contributed by atoms with van der Waals surface area (Å²) in [5, 5.41) is 3.15. The topological polar surface area (TPSA) is 87.7 Å². The van der Waals surface area contributed by atoms with Crippen LogP contribution in [0.3, 0.4) is 0 Å². The van der Waals surface area contributed by atoms with Gasteiger partial charge in [-0.25, -0.2) is 9.97 Å². The molecule has 0 atom stereocenters. The van der Waals surface area contributed by atoms with Crippen LogP contribution in [0.1, 0.15) is 21.1 Å². The molecule has 2 heterocycles. The van der Waals surface area contributed by atoms with Crippen molar-refractivity contribution in [3.05, 3.63) is 39.0 Å². The molecule has 2 N–H and O–H groups in total. The van der Waals surface area contributed by atoms with Crippen molar-refractivity contribution in [2.75, 3.05) is 5.32 Å². The molecule has 0 spiro atoms. The maximum absolute atomic E-state index is 11.7. The average molecular weight is 250 g/mol. The van der Waals surface area contributed by atoms with E-state index in [1.807, 2.05) is 13.8 Å². The standard InChI is InChI=1S/C10H10N4O2S/c1-5-6(2)17-10(13-5)14-9(16)7-3-12-8(15)4-11-7/h3-4H,1-2H3,(H,12,15)(H,13,14,16). The van der Waals surface area contributed by atoms with Gasteiger partial charge in [0.05, 0.1) is 11.9 Å². The second-order valence-corrected chi connectivity index (χ2v) is 4.61. The SMILES string of the molecule is Cc1nc(NC(=O)c2c[nH]c(=O)cn2)sc1C. The predicted molar refractivity (Wildman–Crippen MR) is 64.4 cm³/mol. The van der Waals surface area contributed by atoms with Crippen molar-refractivity contribution in [1.82, 2.24) is 15.0 Å². The summed E-state index contributed by atoms with van der Waals surface area (Å²) >= 11 is 1.40. The van der Waals surface area contributed by atoms with Gasteiger partial charge in [-0.3, -0.25) is 14.9 Å². The first kappa shape index (κ1) is 11.5. The Balaban J connectivity index is 2.16. The number of hydrogen-bond acceptors (Lipinski definition) is 5. The zero-order valence-corrected chi connectivity index (χ0v) is 10.1. The highest BCUT2D eigenvalue weighted by Gasteiger charge is 2.10. The van der Waals surface area contributed by atoms with Crippen LogP contribution in [0.15, 0.2) is 17.2 Å². The number of anilines is 1. The molecule has 0 aliphatic rings. The van der Waals surface area contributed by atoms with E-state index in [2.05, 4.69) is 20.3 Å². The summed E-state index contributed by atoms with van der Waals surface area (Å²) in [6, 6.07) is 0. The highest BCUT2D eigenvalue weighted by Crippen LogP contribution is 2.21. The maximum atomic E-state index is 11.7. The molecule has 0 fully saturated rings. The number of aromatic amines is 1. The van der Waals surface area contributed by atoms with Gasteiger partial charge in [0, 0.05) is 11.1 Å². The average Bonchev–Trinajstić information content (AvgIpc) is 2.58. The number of nitrogens with one attached hydrogen (secondary N) is 2. The van der Waals surface area contributed by atoms with Crippen molar-refractivity contribution in [2.45, 2.75) is 13.8 Å². The Morgan fingerprint density at radius 3 is 2.76 bits per heavy atom. The normalized spacial score (nSPS) is 10.2. The van der Waals surface area contributed by atoms with Gasteiger partial charge in [-0.05, 0) is 13.8 Å². The van der Waals surface area contributed by atoms with Crippen molar-refractivity contribution in [3.63, 3.8) is 0 Å². The molecule has 88 valence electrons. The third-order valence-electron chi connectivity index (χ3n) is 2.15. The number of H-pyrrole nitrogens is 1. The molecule has 7 heteroatoms. The van der Waals surface area contributed by atoms with Gasteiger partial charge in [-0.2, -0.15) is 0 Å². The van der Waals surface area contributed by atoms with Gasteiger partial charge in [0.1, 0.15) is 5.69 Å². The minimum Gasteiger partial charge on any atom is -0.325 e. The fourth-order valence-electron chi connectivity index (χ4n) is 1.15. The number of amides is 1. The molecular weight excluding hydrogens is 240 g/mol. The summed E-state index contributed by atoms with van der Waals surface area (Å²) in [6.45, 7) is 3.81. The minimum absolute atomic E-state index is 0.148. The van der Waals surface area contributed by atoms with Crippen LogP contribution in [0.25, 0.3) is 0 Å². The summed E-state index contributed by atoms with van der Waals surface area (Å²) < 4.78 is 0.